The van der Waals surface area contributed by atoms with E-state index in [4.69, 9.17) is 0 Å². The van der Waals surface area contributed by atoms with Crippen LogP contribution in [0.3, 0.4) is 0 Å². The molecule has 5 rings (SSSR count). The van der Waals surface area contributed by atoms with Gasteiger partial charge in [-0.05, 0) is 59.2 Å². The first-order valence-electron chi connectivity index (χ1n) is 10.2. The van der Waals surface area contributed by atoms with Gasteiger partial charge in [-0.2, -0.15) is 20.4 Å². The van der Waals surface area contributed by atoms with Gasteiger partial charge < -0.3 is 4.90 Å². The SMILES string of the molecule is O=C(Cn1nnc(-c2ccsc2)n1)N1CCN(S(=O)(=O)c2ccc3c(c2)CCC3)CC1. The number of aromatic nitrogens is 4. The molecule has 0 atom stereocenters. The fraction of sp³-hybridized carbons (Fsp3) is 0.400. The molecule has 3 heterocycles. The molecule has 0 spiro atoms. The van der Waals surface area contributed by atoms with E-state index in [2.05, 4.69) is 15.4 Å². The van der Waals surface area contributed by atoms with Crippen molar-refractivity contribution in [1.29, 1.82) is 0 Å². The van der Waals surface area contributed by atoms with Gasteiger partial charge in [0.2, 0.25) is 21.8 Å². The average molecular weight is 459 g/mol. The molecule has 2 aromatic heterocycles. The lowest BCUT2D eigenvalue weighted by Gasteiger charge is -2.34. The molecule has 1 fully saturated rings. The van der Waals surface area contributed by atoms with Crippen molar-refractivity contribution in [2.75, 3.05) is 26.2 Å². The van der Waals surface area contributed by atoms with Gasteiger partial charge in [0.25, 0.3) is 0 Å². The van der Waals surface area contributed by atoms with Crippen LogP contribution in [-0.4, -0.2) is 69.9 Å². The van der Waals surface area contributed by atoms with Crippen LogP contribution >= 0.6 is 11.3 Å². The van der Waals surface area contributed by atoms with Gasteiger partial charge in [-0.15, -0.1) is 10.2 Å². The first-order valence-corrected chi connectivity index (χ1v) is 12.6. The molecule has 1 aromatic carbocycles. The number of aryl methyl sites for hydroxylation is 2. The smallest absolute Gasteiger partial charge is 0.246 e. The third kappa shape index (κ3) is 4.00. The Kier molecular flexibility index (Phi) is 5.32. The molecule has 0 unspecified atom stereocenters. The summed E-state index contributed by atoms with van der Waals surface area (Å²) >= 11 is 1.54. The number of hydrogen-bond acceptors (Lipinski definition) is 7. The normalized spacial score (nSPS) is 17.1. The van der Waals surface area contributed by atoms with E-state index in [1.54, 1.807) is 22.3 Å². The number of thiophene rings is 1. The number of tetrazole rings is 1. The number of nitrogens with zero attached hydrogens (tertiary/aromatic N) is 6. The minimum atomic E-state index is -3.56. The summed E-state index contributed by atoms with van der Waals surface area (Å²) in [6, 6.07) is 7.36. The average Bonchev–Trinajstić information content (AvgIpc) is 3.54. The number of hydrogen-bond donors (Lipinski definition) is 0. The number of carbonyl (C=O) groups is 1. The van der Waals surface area contributed by atoms with Crippen molar-refractivity contribution >= 4 is 27.3 Å². The Hall–Kier alpha value is -2.63. The lowest BCUT2D eigenvalue weighted by atomic mass is 10.1. The number of sulfonamides is 1. The maximum absolute atomic E-state index is 13.1. The molecule has 3 aromatic rings. The summed E-state index contributed by atoms with van der Waals surface area (Å²) in [4.78, 5) is 15.9. The summed E-state index contributed by atoms with van der Waals surface area (Å²) in [6.45, 7) is 1.21. The fourth-order valence-corrected chi connectivity index (χ4v) is 6.18. The topological polar surface area (TPSA) is 101 Å². The zero-order valence-electron chi connectivity index (χ0n) is 16.8. The van der Waals surface area contributed by atoms with Gasteiger partial charge in [-0.25, -0.2) is 8.42 Å². The highest BCUT2D eigenvalue weighted by Gasteiger charge is 2.31. The van der Waals surface area contributed by atoms with Gasteiger partial charge >= 0.3 is 0 Å². The largest absolute Gasteiger partial charge is 0.338 e. The van der Waals surface area contributed by atoms with E-state index in [1.165, 1.54) is 14.7 Å². The first-order chi connectivity index (χ1) is 15.0. The van der Waals surface area contributed by atoms with Crippen LogP contribution in [0.2, 0.25) is 0 Å². The molecule has 2 aliphatic rings. The Bertz CT molecular complexity index is 1200. The third-order valence-electron chi connectivity index (χ3n) is 5.81. The van der Waals surface area contributed by atoms with Crippen LogP contribution in [0, 0.1) is 0 Å². The number of piperazine rings is 1. The number of amides is 1. The minimum Gasteiger partial charge on any atom is -0.338 e. The summed E-state index contributed by atoms with van der Waals surface area (Å²) in [5.74, 6) is 0.336. The molecule has 0 N–H and O–H groups in total. The van der Waals surface area contributed by atoms with Gasteiger partial charge in [0.15, 0.2) is 0 Å². The van der Waals surface area contributed by atoms with E-state index in [0.717, 1.165) is 30.4 Å². The molecule has 0 bridgehead atoms. The Morgan fingerprint density at radius 3 is 2.65 bits per heavy atom. The lowest BCUT2D eigenvalue weighted by molar-refractivity contribution is -0.133. The highest BCUT2D eigenvalue weighted by Crippen LogP contribution is 2.26. The van der Waals surface area contributed by atoms with Gasteiger partial charge in [0, 0.05) is 37.1 Å². The molecule has 162 valence electrons. The van der Waals surface area contributed by atoms with Crippen LogP contribution < -0.4 is 0 Å². The van der Waals surface area contributed by atoms with E-state index < -0.39 is 10.0 Å². The monoisotopic (exact) mass is 458 g/mol. The number of carbonyl (C=O) groups excluding carboxylic acids is 1. The van der Waals surface area contributed by atoms with Crippen LogP contribution in [0.4, 0.5) is 0 Å². The lowest BCUT2D eigenvalue weighted by Crippen LogP contribution is -2.51. The van der Waals surface area contributed by atoms with Gasteiger partial charge in [0.1, 0.15) is 6.54 Å². The second-order valence-electron chi connectivity index (χ2n) is 7.72. The predicted molar refractivity (Wildman–Crippen MR) is 115 cm³/mol. The van der Waals surface area contributed by atoms with Crippen molar-refractivity contribution in [3.63, 3.8) is 0 Å². The van der Waals surface area contributed by atoms with E-state index in [9.17, 15) is 13.2 Å². The van der Waals surface area contributed by atoms with Crippen molar-refractivity contribution in [3.8, 4) is 11.4 Å². The molecule has 11 heteroatoms. The standard InChI is InChI=1S/C20H22N6O3S2/c27-19(13-26-22-20(21-23-26)17-6-11-30-14-17)24-7-9-25(10-8-24)31(28,29)18-5-4-15-2-1-3-16(15)12-18/h4-6,11-12,14H,1-3,7-10,13H2. The van der Waals surface area contributed by atoms with E-state index >= 15 is 0 Å². The molecule has 1 saturated heterocycles. The van der Waals surface area contributed by atoms with Crippen molar-refractivity contribution in [2.45, 2.75) is 30.7 Å². The predicted octanol–water partition coefficient (Wildman–Crippen LogP) is 1.42. The zero-order chi connectivity index (χ0) is 21.4. The quantitative estimate of drug-likeness (QED) is 0.573. The molecule has 1 aliphatic carbocycles. The number of benzene rings is 1. The summed E-state index contributed by atoms with van der Waals surface area (Å²) in [6.07, 6.45) is 3.03. The van der Waals surface area contributed by atoms with Crippen LogP contribution in [0.15, 0.2) is 39.9 Å². The highest BCUT2D eigenvalue weighted by atomic mass is 32.2. The molecular weight excluding hydrogens is 436 g/mol. The Labute approximate surface area is 184 Å². The van der Waals surface area contributed by atoms with E-state index in [-0.39, 0.29) is 25.5 Å². The second-order valence-corrected chi connectivity index (χ2v) is 10.4. The maximum atomic E-state index is 13.1. The Morgan fingerprint density at radius 1 is 1.06 bits per heavy atom. The van der Waals surface area contributed by atoms with Crippen LogP contribution in [0.1, 0.15) is 17.5 Å². The summed E-state index contributed by atoms with van der Waals surface area (Å²) in [7, 11) is -3.56. The third-order valence-corrected chi connectivity index (χ3v) is 8.39. The molecule has 1 aliphatic heterocycles. The molecule has 0 saturated carbocycles. The van der Waals surface area contributed by atoms with Crippen molar-refractivity contribution in [2.24, 2.45) is 0 Å². The van der Waals surface area contributed by atoms with Crippen LogP contribution in [0.25, 0.3) is 11.4 Å². The maximum Gasteiger partial charge on any atom is 0.246 e. The van der Waals surface area contributed by atoms with Crippen molar-refractivity contribution < 1.29 is 13.2 Å². The second kappa shape index (κ2) is 8.13. The van der Waals surface area contributed by atoms with Gasteiger partial charge in [-0.3, -0.25) is 4.79 Å². The molecule has 31 heavy (non-hydrogen) atoms. The zero-order valence-corrected chi connectivity index (χ0v) is 18.5. The van der Waals surface area contributed by atoms with Crippen LogP contribution in [0.5, 0.6) is 0 Å². The molecule has 9 nitrogen and oxygen atoms in total. The fourth-order valence-electron chi connectivity index (χ4n) is 4.07. The van der Waals surface area contributed by atoms with Crippen LogP contribution in [-0.2, 0) is 34.2 Å². The van der Waals surface area contributed by atoms with E-state index in [0.29, 0.717) is 23.8 Å². The Balaban J connectivity index is 1.20. The summed E-state index contributed by atoms with van der Waals surface area (Å²) in [5, 5.41) is 16.1. The molecule has 0 radical (unpaired) electrons. The highest BCUT2D eigenvalue weighted by molar-refractivity contribution is 7.89. The number of fused-ring (bicyclic) bond motifs is 1. The first kappa shape index (κ1) is 20.3. The van der Waals surface area contributed by atoms with Crippen molar-refractivity contribution in [1.82, 2.24) is 29.4 Å². The van der Waals surface area contributed by atoms with Crippen molar-refractivity contribution in [3.05, 3.63) is 46.2 Å². The number of rotatable bonds is 5. The summed E-state index contributed by atoms with van der Waals surface area (Å²) in [5.41, 5.74) is 3.25. The Morgan fingerprint density at radius 2 is 1.87 bits per heavy atom. The summed E-state index contributed by atoms with van der Waals surface area (Å²) < 4.78 is 27.6. The minimum absolute atomic E-state index is 0.0191. The van der Waals surface area contributed by atoms with Gasteiger partial charge in [-0.1, -0.05) is 6.07 Å². The molecular formula is C20H22N6O3S2. The van der Waals surface area contributed by atoms with Gasteiger partial charge in [0.05, 0.1) is 4.90 Å². The van der Waals surface area contributed by atoms with E-state index in [1.807, 2.05) is 29.0 Å². The molecule has 1 amide bonds.